The molecule has 1 amide bonds. The Hall–Kier alpha value is -3.44. The minimum atomic E-state index is -3.78. The molecular weight excluding hydrogens is 434 g/mol. The fraction of sp³-hybridized carbons (Fsp3) is 0.286. The van der Waals surface area contributed by atoms with Gasteiger partial charge in [0.05, 0.1) is 17.9 Å². The molecule has 2 aromatic carbocycles. The van der Waals surface area contributed by atoms with E-state index in [1.807, 2.05) is 29.2 Å². The number of anilines is 2. The molecule has 2 heterocycles. The van der Waals surface area contributed by atoms with Crippen LogP contribution in [0.25, 0.3) is 11.4 Å². The predicted octanol–water partition coefficient (Wildman–Crippen LogP) is 2.25. The maximum absolute atomic E-state index is 12.8. The summed E-state index contributed by atoms with van der Waals surface area (Å²) in [6.07, 6.45) is 1.51. The summed E-state index contributed by atoms with van der Waals surface area (Å²) in [5.74, 6) is 0.761. The lowest BCUT2D eigenvalue weighted by Crippen LogP contribution is -2.41. The number of nitrogens with one attached hydrogen (secondary N) is 1. The van der Waals surface area contributed by atoms with Gasteiger partial charge in [-0.3, -0.25) is 4.79 Å². The van der Waals surface area contributed by atoms with Crippen molar-refractivity contribution in [2.24, 2.45) is 11.1 Å². The van der Waals surface area contributed by atoms with Gasteiger partial charge in [0.15, 0.2) is 0 Å². The number of rotatable bonds is 6. The zero-order chi connectivity index (χ0) is 22.7. The molecule has 0 aliphatic carbocycles. The Labute approximate surface area is 185 Å². The Kier molecular flexibility index (Phi) is 6.10. The summed E-state index contributed by atoms with van der Waals surface area (Å²) < 4.78 is 33.3. The van der Waals surface area contributed by atoms with Crippen LogP contribution in [0.1, 0.15) is 12.8 Å². The van der Waals surface area contributed by atoms with Crippen LogP contribution in [0.5, 0.6) is 5.75 Å². The number of methoxy groups -OCH3 is 1. The van der Waals surface area contributed by atoms with Crippen LogP contribution in [0.3, 0.4) is 0 Å². The number of hydrogen-bond acceptors (Lipinski definition) is 8. The van der Waals surface area contributed by atoms with Crippen LogP contribution < -0.4 is 20.1 Å². The van der Waals surface area contributed by atoms with E-state index in [9.17, 15) is 13.2 Å². The predicted molar refractivity (Wildman–Crippen MR) is 118 cm³/mol. The first-order chi connectivity index (χ1) is 15.3. The van der Waals surface area contributed by atoms with E-state index in [4.69, 9.17) is 14.4 Å². The molecule has 1 fully saturated rings. The number of amides is 1. The van der Waals surface area contributed by atoms with Crippen LogP contribution in [0, 0.1) is 5.92 Å². The van der Waals surface area contributed by atoms with Crippen molar-refractivity contribution in [3.05, 3.63) is 48.5 Å². The highest BCUT2D eigenvalue weighted by molar-refractivity contribution is 7.89. The number of nitrogens with zero attached hydrogens (tertiary/aromatic N) is 3. The highest BCUT2D eigenvalue weighted by atomic mass is 32.2. The zero-order valence-corrected chi connectivity index (χ0v) is 18.2. The number of carbonyl (C=O) groups excluding carboxylic acids is 1. The lowest BCUT2D eigenvalue weighted by molar-refractivity contribution is -0.120. The van der Waals surface area contributed by atoms with E-state index in [1.54, 1.807) is 7.11 Å². The van der Waals surface area contributed by atoms with E-state index >= 15 is 0 Å². The number of nitrogens with two attached hydrogens (primary N) is 1. The minimum Gasteiger partial charge on any atom is -0.497 e. The number of ether oxygens (including phenoxy) is 1. The third kappa shape index (κ3) is 4.89. The Bertz CT molecular complexity index is 1190. The summed E-state index contributed by atoms with van der Waals surface area (Å²) in [7, 11) is -2.18. The molecular formula is C21H23N5O5S. The minimum absolute atomic E-state index is 0.0107. The first-order valence-corrected chi connectivity index (χ1v) is 11.5. The van der Waals surface area contributed by atoms with E-state index in [2.05, 4.69) is 15.5 Å². The fourth-order valence-electron chi connectivity index (χ4n) is 3.54. The maximum atomic E-state index is 12.8. The molecule has 3 N–H and O–H groups in total. The lowest BCUT2D eigenvalue weighted by Gasteiger charge is -2.30. The van der Waals surface area contributed by atoms with Gasteiger partial charge in [-0.2, -0.15) is 4.98 Å². The van der Waals surface area contributed by atoms with Crippen molar-refractivity contribution in [1.29, 1.82) is 0 Å². The molecule has 0 saturated carbocycles. The van der Waals surface area contributed by atoms with Crippen LogP contribution in [0.15, 0.2) is 57.9 Å². The van der Waals surface area contributed by atoms with Crippen molar-refractivity contribution in [1.82, 2.24) is 10.1 Å². The molecule has 0 radical (unpaired) electrons. The van der Waals surface area contributed by atoms with Gasteiger partial charge in [-0.1, -0.05) is 5.16 Å². The van der Waals surface area contributed by atoms with E-state index in [-0.39, 0.29) is 16.7 Å². The summed E-state index contributed by atoms with van der Waals surface area (Å²) in [6, 6.07) is 13.4. The smallest absolute Gasteiger partial charge is 0.324 e. The molecule has 10 nitrogen and oxygen atoms in total. The van der Waals surface area contributed by atoms with Crippen molar-refractivity contribution in [3.8, 4) is 17.1 Å². The SMILES string of the molecule is COc1ccc(-c2noc(N3CCC[C@H](C(=O)Nc4ccc(S(N)(=O)=O)cc4)C3)n2)cc1. The fourth-order valence-corrected chi connectivity index (χ4v) is 4.05. The summed E-state index contributed by atoms with van der Waals surface area (Å²) in [5, 5.41) is 12.0. The monoisotopic (exact) mass is 457 g/mol. The third-order valence-electron chi connectivity index (χ3n) is 5.28. The molecule has 1 aliphatic rings. The molecule has 1 aromatic heterocycles. The molecule has 3 aromatic rings. The highest BCUT2D eigenvalue weighted by Crippen LogP contribution is 2.26. The molecule has 4 rings (SSSR count). The van der Waals surface area contributed by atoms with Crippen molar-refractivity contribution in [2.45, 2.75) is 17.7 Å². The van der Waals surface area contributed by atoms with E-state index in [1.165, 1.54) is 24.3 Å². The Morgan fingerprint density at radius 1 is 1.19 bits per heavy atom. The first-order valence-electron chi connectivity index (χ1n) is 10.0. The quantitative estimate of drug-likeness (QED) is 0.574. The third-order valence-corrected chi connectivity index (χ3v) is 6.21. The van der Waals surface area contributed by atoms with Gasteiger partial charge in [0.2, 0.25) is 21.8 Å². The number of hydrogen-bond donors (Lipinski definition) is 2. The van der Waals surface area contributed by atoms with Gasteiger partial charge in [0, 0.05) is 24.3 Å². The standard InChI is InChI=1S/C21H23N5O5S/c1-30-17-8-4-14(5-9-17)19-24-21(31-25-19)26-12-2-3-15(13-26)20(27)23-16-6-10-18(11-7-16)32(22,28)29/h4-11,15H,2-3,12-13H2,1H3,(H,23,27)(H2,22,28,29)/t15-/m0/s1. The highest BCUT2D eigenvalue weighted by Gasteiger charge is 2.29. The van der Waals surface area contributed by atoms with Crippen molar-refractivity contribution >= 4 is 27.6 Å². The van der Waals surface area contributed by atoms with Gasteiger partial charge in [0.25, 0.3) is 0 Å². The number of aromatic nitrogens is 2. The molecule has 11 heteroatoms. The topological polar surface area (TPSA) is 141 Å². The van der Waals surface area contributed by atoms with Gasteiger partial charge in [0.1, 0.15) is 5.75 Å². The number of primary sulfonamides is 1. The van der Waals surface area contributed by atoms with Gasteiger partial charge in [-0.25, -0.2) is 13.6 Å². The van der Waals surface area contributed by atoms with Gasteiger partial charge >= 0.3 is 6.01 Å². The second kappa shape index (κ2) is 8.97. The molecule has 1 saturated heterocycles. The number of sulfonamides is 1. The average Bonchev–Trinajstić information content (AvgIpc) is 3.29. The second-order valence-corrected chi connectivity index (χ2v) is 9.03. The second-order valence-electron chi connectivity index (χ2n) is 7.47. The normalized spacial score (nSPS) is 16.6. The van der Waals surface area contributed by atoms with E-state index < -0.39 is 10.0 Å². The lowest BCUT2D eigenvalue weighted by atomic mass is 9.97. The molecule has 0 spiro atoms. The molecule has 32 heavy (non-hydrogen) atoms. The van der Waals surface area contributed by atoms with Crippen LogP contribution >= 0.6 is 0 Å². The van der Waals surface area contributed by atoms with Gasteiger partial charge in [-0.05, 0) is 61.4 Å². The number of piperidine rings is 1. The summed E-state index contributed by atoms with van der Waals surface area (Å²) in [4.78, 5) is 19.1. The molecule has 0 unspecified atom stereocenters. The summed E-state index contributed by atoms with van der Waals surface area (Å²) in [5.41, 5.74) is 1.30. The maximum Gasteiger partial charge on any atom is 0.324 e. The molecule has 168 valence electrons. The van der Waals surface area contributed by atoms with Crippen LogP contribution in [0.2, 0.25) is 0 Å². The van der Waals surface area contributed by atoms with E-state index in [0.717, 1.165) is 24.2 Å². The average molecular weight is 458 g/mol. The van der Waals surface area contributed by atoms with Crippen LogP contribution in [-0.4, -0.2) is 44.7 Å². The Morgan fingerprint density at radius 2 is 1.91 bits per heavy atom. The first kappa shape index (κ1) is 21.8. The Balaban J connectivity index is 1.41. The number of benzene rings is 2. The largest absolute Gasteiger partial charge is 0.497 e. The number of carbonyl (C=O) groups is 1. The summed E-state index contributed by atoms with van der Waals surface area (Å²) >= 11 is 0. The van der Waals surface area contributed by atoms with Crippen molar-refractivity contribution in [3.63, 3.8) is 0 Å². The van der Waals surface area contributed by atoms with Crippen LogP contribution in [0.4, 0.5) is 11.7 Å². The van der Waals surface area contributed by atoms with Gasteiger partial charge in [-0.15, -0.1) is 0 Å². The zero-order valence-electron chi connectivity index (χ0n) is 17.4. The molecule has 0 bridgehead atoms. The summed E-state index contributed by atoms with van der Waals surface area (Å²) in [6.45, 7) is 1.14. The van der Waals surface area contributed by atoms with Crippen molar-refractivity contribution < 1.29 is 22.5 Å². The molecule has 1 atom stereocenters. The van der Waals surface area contributed by atoms with E-state index in [0.29, 0.717) is 30.6 Å². The molecule has 1 aliphatic heterocycles. The van der Waals surface area contributed by atoms with Crippen LogP contribution in [-0.2, 0) is 14.8 Å². The Morgan fingerprint density at radius 3 is 2.56 bits per heavy atom. The van der Waals surface area contributed by atoms with Gasteiger partial charge < -0.3 is 19.5 Å². The van der Waals surface area contributed by atoms with Crippen molar-refractivity contribution in [2.75, 3.05) is 30.4 Å².